The van der Waals surface area contributed by atoms with E-state index in [9.17, 15) is 9.59 Å². The van der Waals surface area contributed by atoms with Crippen LogP contribution in [0.1, 0.15) is 20.3 Å². The highest BCUT2D eigenvalue weighted by Gasteiger charge is 2.29. The summed E-state index contributed by atoms with van der Waals surface area (Å²) in [6.45, 7) is 4.52. The molecule has 1 rings (SSSR count). The Kier molecular flexibility index (Phi) is 4.08. The number of carbonyl (C=O) groups excluding carboxylic acids is 1. The minimum atomic E-state index is -0.989. The van der Waals surface area contributed by atoms with Crippen molar-refractivity contribution < 1.29 is 19.4 Å². The predicted molar refractivity (Wildman–Crippen MR) is 53.3 cm³/mol. The van der Waals surface area contributed by atoms with Crippen LogP contribution in [0.25, 0.3) is 0 Å². The molecule has 2 atom stereocenters. The summed E-state index contributed by atoms with van der Waals surface area (Å²) in [6, 6.07) is -0.807. The molecule has 0 aliphatic carbocycles. The molecule has 0 bridgehead atoms. The molecule has 5 heteroatoms. The highest BCUT2D eigenvalue weighted by molar-refractivity contribution is 5.85. The molecule has 0 radical (unpaired) electrons. The second-order valence-electron chi connectivity index (χ2n) is 4.13. The minimum absolute atomic E-state index is 0.117. The van der Waals surface area contributed by atoms with E-state index in [2.05, 4.69) is 5.32 Å². The summed E-state index contributed by atoms with van der Waals surface area (Å²) >= 11 is 0. The molecule has 1 heterocycles. The van der Waals surface area contributed by atoms with Gasteiger partial charge in [-0.2, -0.15) is 0 Å². The predicted octanol–water partition coefficient (Wildman–Crippen LogP) is 0.248. The average molecular weight is 215 g/mol. The zero-order valence-corrected chi connectivity index (χ0v) is 9.03. The van der Waals surface area contributed by atoms with Gasteiger partial charge in [-0.1, -0.05) is 13.8 Å². The minimum Gasteiger partial charge on any atom is -0.480 e. The van der Waals surface area contributed by atoms with Gasteiger partial charge in [-0.15, -0.1) is 0 Å². The molecule has 2 unspecified atom stereocenters. The molecule has 86 valence electrons. The third-order valence-electron chi connectivity index (χ3n) is 2.53. The fraction of sp³-hybridized carbons (Fsp3) is 0.800. The topological polar surface area (TPSA) is 75.6 Å². The molecule has 1 amide bonds. The van der Waals surface area contributed by atoms with Crippen molar-refractivity contribution in [3.05, 3.63) is 0 Å². The van der Waals surface area contributed by atoms with Crippen LogP contribution in [-0.4, -0.2) is 36.2 Å². The third-order valence-corrected chi connectivity index (χ3v) is 2.53. The summed E-state index contributed by atoms with van der Waals surface area (Å²) in [5.74, 6) is -1.51. The Hall–Kier alpha value is -1.10. The third kappa shape index (κ3) is 3.20. The molecule has 1 fully saturated rings. The molecular weight excluding hydrogens is 198 g/mol. The normalized spacial score (nSPS) is 22.7. The lowest BCUT2D eigenvalue weighted by molar-refractivity contribution is -0.143. The van der Waals surface area contributed by atoms with Gasteiger partial charge in [0, 0.05) is 6.61 Å². The molecule has 0 aromatic heterocycles. The van der Waals surface area contributed by atoms with E-state index in [0.717, 1.165) is 0 Å². The number of ether oxygens (including phenoxy) is 1. The lowest BCUT2D eigenvalue weighted by Gasteiger charge is -2.19. The summed E-state index contributed by atoms with van der Waals surface area (Å²) in [7, 11) is 0. The number of carboxylic acid groups (broad SMARTS) is 1. The quantitative estimate of drug-likeness (QED) is 0.704. The molecule has 1 aliphatic rings. The van der Waals surface area contributed by atoms with Crippen molar-refractivity contribution >= 4 is 11.9 Å². The lowest BCUT2D eigenvalue weighted by atomic mass is 10.0. The summed E-state index contributed by atoms with van der Waals surface area (Å²) < 4.78 is 5.07. The number of carbonyl (C=O) groups is 2. The molecule has 0 saturated carbocycles. The highest BCUT2D eigenvalue weighted by atomic mass is 16.5. The summed E-state index contributed by atoms with van der Waals surface area (Å²) in [4.78, 5) is 22.5. The molecule has 2 N–H and O–H groups in total. The lowest BCUT2D eigenvalue weighted by Crippen LogP contribution is -2.46. The van der Waals surface area contributed by atoms with E-state index >= 15 is 0 Å². The molecule has 0 spiro atoms. The second-order valence-corrected chi connectivity index (χ2v) is 4.13. The van der Waals surface area contributed by atoms with Crippen molar-refractivity contribution in [3.63, 3.8) is 0 Å². The Morgan fingerprint density at radius 3 is 2.53 bits per heavy atom. The molecular formula is C10H17NO4. The zero-order valence-electron chi connectivity index (χ0n) is 9.03. The first-order chi connectivity index (χ1) is 7.02. The Morgan fingerprint density at radius 2 is 2.13 bits per heavy atom. The van der Waals surface area contributed by atoms with E-state index in [0.29, 0.717) is 19.6 Å². The smallest absolute Gasteiger partial charge is 0.326 e. The van der Waals surface area contributed by atoms with Crippen molar-refractivity contribution in [2.75, 3.05) is 13.2 Å². The number of aliphatic carboxylic acids is 1. The Morgan fingerprint density at radius 1 is 1.47 bits per heavy atom. The van der Waals surface area contributed by atoms with Crippen LogP contribution in [-0.2, 0) is 14.3 Å². The first-order valence-electron chi connectivity index (χ1n) is 5.13. The molecule has 0 aromatic carbocycles. The summed E-state index contributed by atoms with van der Waals surface area (Å²) in [6.07, 6.45) is 0.677. The van der Waals surface area contributed by atoms with Gasteiger partial charge in [0.2, 0.25) is 5.91 Å². The van der Waals surface area contributed by atoms with Gasteiger partial charge in [0.15, 0.2) is 0 Å². The first kappa shape index (κ1) is 12.0. The van der Waals surface area contributed by atoms with Crippen molar-refractivity contribution in [2.45, 2.75) is 26.3 Å². The van der Waals surface area contributed by atoms with Crippen LogP contribution in [0.4, 0.5) is 0 Å². The van der Waals surface area contributed by atoms with E-state index in [1.54, 1.807) is 13.8 Å². The maximum Gasteiger partial charge on any atom is 0.326 e. The van der Waals surface area contributed by atoms with Crippen LogP contribution in [0.5, 0.6) is 0 Å². The Bertz CT molecular complexity index is 246. The van der Waals surface area contributed by atoms with E-state index in [1.165, 1.54) is 0 Å². The van der Waals surface area contributed by atoms with Crippen LogP contribution < -0.4 is 5.32 Å². The molecule has 1 aliphatic heterocycles. The van der Waals surface area contributed by atoms with Crippen LogP contribution in [0.15, 0.2) is 0 Å². The molecule has 15 heavy (non-hydrogen) atoms. The van der Waals surface area contributed by atoms with Gasteiger partial charge in [0.05, 0.1) is 12.5 Å². The summed E-state index contributed by atoms with van der Waals surface area (Å²) in [5.41, 5.74) is 0. The molecule has 1 saturated heterocycles. The SMILES string of the molecule is CC(C)C(NC(=O)C1CCOC1)C(=O)O. The van der Waals surface area contributed by atoms with Gasteiger partial charge in [0.25, 0.3) is 0 Å². The van der Waals surface area contributed by atoms with Crippen molar-refractivity contribution in [3.8, 4) is 0 Å². The maximum atomic E-state index is 11.6. The van der Waals surface area contributed by atoms with Gasteiger partial charge in [-0.3, -0.25) is 4.79 Å². The zero-order chi connectivity index (χ0) is 11.4. The fourth-order valence-corrected chi connectivity index (χ4v) is 1.53. The van der Waals surface area contributed by atoms with Gasteiger partial charge < -0.3 is 15.2 Å². The largest absolute Gasteiger partial charge is 0.480 e. The van der Waals surface area contributed by atoms with Crippen molar-refractivity contribution in [2.24, 2.45) is 11.8 Å². The standard InChI is InChI=1S/C10H17NO4/c1-6(2)8(10(13)14)11-9(12)7-3-4-15-5-7/h6-8H,3-5H2,1-2H3,(H,11,12)(H,13,14). The van der Waals surface area contributed by atoms with Gasteiger partial charge in [0.1, 0.15) is 6.04 Å². The number of carboxylic acids is 1. The number of nitrogens with one attached hydrogen (secondary N) is 1. The maximum absolute atomic E-state index is 11.6. The van der Waals surface area contributed by atoms with Crippen molar-refractivity contribution in [1.82, 2.24) is 5.32 Å². The second kappa shape index (κ2) is 5.11. The Labute approximate surface area is 88.8 Å². The van der Waals surface area contributed by atoms with Gasteiger partial charge in [-0.25, -0.2) is 4.79 Å². The Balaban J connectivity index is 2.50. The molecule has 5 nitrogen and oxygen atoms in total. The monoisotopic (exact) mass is 215 g/mol. The van der Waals surface area contributed by atoms with E-state index in [1.807, 2.05) is 0 Å². The fourth-order valence-electron chi connectivity index (χ4n) is 1.53. The number of rotatable bonds is 4. The van der Waals surface area contributed by atoms with Crippen LogP contribution in [0.2, 0.25) is 0 Å². The molecule has 0 aromatic rings. The highest BCUT2D eigenvalue weighted by Crippen LogP contribution is 2.13. The van der Waals surface area contributed by atoms with Crippen LogP contribution >= 0.6 is 0 Å². The van der Waals surface area contributed by atoms with Gasteiger partial charge >= 0.3 is 5.97 Å². The first-order valence-corrected chi connectivity index (χ1v) is 5.13. The van der Waals surface area contributed by atoms with Crippen LogP contribution in [0, 0.1) is 11.8 Å². The van der Waals surface area contributed by atoms with E-state index in [-0.39, 0.29) is 17.7 Å². The number of amides is 1. The van der Waals surface area contributed by atoms with Crippen LogP contribution in [0.3, 0.4) is 0 Å². The van der Waals surface area contributed by atoms with E-state index in [4.69, 9.17) is 9.84 Å². The summed E-state index contributed by atoms with van der Waals surface area (Å²) in [5, 5.41) is 11.4. The van der Waals surface area contributed by atoms with Crippen molar-refractivity contribution in [1.29, 1.82) is 0 Å². The average Bonchev–Trinajstić information content (AvgIpc) is 2.65. The van der Waals surface area contributed by atoms with E-state index < -0.39 is 12.0 Å². The van der Waals surface area contributed by atoms with Gasteiger partial charge in [-0.05, 0) is 12.3 Å². The number of hydrogen-bond donors (Lipinski definition) is 2. The number of hydrogen-bond acceptors (Lipinski definition) is 3.